The van der Waals surface area contributed by atoms with Crippen LogP contribution in [-0.2, 0) is 4.79 Å². The summed E-state index contributed by atoms with van der Waals surface area (Å²) in [6.45, 7) is 3.56. The van der Waals surface area contributed by atoms with Crippen molar-refractivity contribution in [3.05, 3.63) is 30.1 Å². The maximum atomic E-state index is 12.9. The topological polar surface area (TPSA) is 40.5 Å². The Morgan fingerprint density at radius 2 is 2.00 bits per heavy atom. The second-order valence-corrected chi connectivity index (χ2v) is 5.06. The van der Waals surface area contributed by atoms with E-state index in [9.17, 15) is 9.18 Å². The van der Waals surface area contributed by atoms with Gasteiger partial charge in [-0.2, -0.15) is 0 Å². The van der Waals surface area contributed by atoms with Crippen molar-refractivity contribution >= 4 is 11.7 Å². The van der Waals surface area contributed by atoms with Crippen LogP contribution in [-0.4, -0.2) is 24.2 Å². The van der Waals surface area contributed by atoms with Gasteiger partial charge in [-0.05, 0) is 49.4 Å². The zero-order valence-electron chi connectivity index (χ0n) is 10.5. The molecule has 0 unspecified atom stereocenters. The van der Waals surface area contributed by atoms with E-state index in [1.807, 2.05) is 6.92 Å². The summed E-state index contributed by atoms with van der Waals surface area (Å²) in [4.78, 5) is 13.0. The summed E-state index contributed by atoms with van der Waals surface area (Å²) < 4.78 is 12.9. The van der Waals surface area contributed by atoms with Gasteiger partial charge in [-0.25, -0.2) is 4.39 Å². The first kappa shape index (κ1) is 12.9. The van der Waals surface area contributed by atoms with Gasteiger partial charge in [-0.1, -0.05) is 0 Å². The summed E-state index contributed by atoms with van der Waals surface area (Å²) in [5, 5.41) is 8.91. The molecule has 2 rings (SSSR count). The summed E-state index contributed by atoms with van der Waals surface area (Å²) >= 11 is 0. The molecular formula is C14H18FNO2. The van der Waals surface area contributed by atoms with Crippen molar-refractivity contribution < 1.29 is 14.3 Å². The first-order valence-electron chi connectivity index (χ1n) is 6.27. The highest BCUT2D eigenvalue weighted by molar-refractivity contribution is 5.68. The van der Waals surface area contributed by atoms with Gasteiger partial charge in [-0.15, -0.1) is 0 Å². The Hall–Kier alpha value is -1.58. The monoisotopic (exact) mass is 251 g/mol. The van der Waals surface area contributed by atoms with Crippen LogP contribution in [0.3, 0.4) is 0 Å². The van der Waals surface area contributed by atoms with E-state index in [2.05, 4.69) is 4.90 Å². The largest absolute Gasteiger partial charge is 0.481 e. The van der Waals surface area contributed by atoms with Gasteiger partial charge >= 0.3 is 5.97 Å². The zero-order chi connectivity index (χ0) is 13.2. The number of benzene rings is 1. The SMILES string of the molecule is CCN(CC1(CC(=O)O)CC1)c1ccc(F)cc1. The first-order valence-corrected chi connectivity index (χ1v) is 6.27. The third-order valence-electron chi connectivity index (χ3n) is 3.58. The summed E-state index contributed by atoms with van der Waals surface area (Å²) in [6, 6.07) is 6.37. The van der Waals surface area contributed by atoms with Crippen molar-refractivity contribution in [2.45, 2.75) is 26.2 Å². The average molecular weight is 251 g/mol. The van der Waals surface area contributed by atoms with Crippen molar-refractivity contribution in [2.75, 3.05) is 18.0 Å². The molecule has 3 nitrogen and oxygen atoms in total. The number of hydrogen-bond donors (Lipinski definition) is 1. The standard InChI is InChI=1S/C14H18FNO2/c1-2-16(12-5-3-11(15)4-6-12)10-14(7-8-14)9-13(17)18/h3-6H,2,7-10H2,1H3,(H,17,18). The molecule has 1 aliphatic carbocycles. The summed E-state index contributed by atoms with van der Waals surface area (Å²) in [7, 11) is 0. The molecule has 1 saturated carbocycles. The maximum absolute atomic E-state index is 12.9. The van der Waals surface area contributed by atoms with Gasteiger partial charge in [0.1, 0.15) is 5.82 Å². The summed E-state index contributed by atoms with van der Waals surface area (Å²) in [6.07, 6.45) is 2.17. The number of aliphatic carboxylic acids is 1. The lowest BCUT2D eigenvalue weighted by Gasteiger charge is -2.27. The van der Waals surface area contributed by atoms with E-state index in [1.54, 1.807) is 12.1 Å². The Balaban J connectivity index is 2.06. The smallest absolute Gasteiger partial charge is 0.303 e. The number of rotatable bonds is 6. The zero-order valence-corrected chi connectivity index (χ0v) is 10.5. The molecule has 0 aromatic heterocycles. The lowest BCUT2D eigenvalue weighted by atomic mass is 10.0. The molecule has 1 aliphatic rings. The molecule has 0 heterocycles. The van der Waals surface area contributed by atoms with Gasteiger partial charge in [-0.3, -0.25) is 4.79 Å². The highest BCUT2D eigenvalue weighted by Gasteiger charge is 2.45. The molecule has 1 N–H and O–H groups in total. The highest BCUT2D eigenvalue weighted by atomic mass is 19.1. The maximum Gasteiger partial charge on any atom is 0.303 e. The number of nitrogens with zero attached hydrogens (tertiary/aromatic N) is 1. The highest BCUT2D eigenvalue weighted by Crippen LogP contribution is 2.49. The van der Waals surface area contributed by atoms with Crippen LogP contribution in [0.4, 0.5) is 10.1 Å². The molecule has 98 valence electrons. The number of carboxylic acids is 1. The van der Waals surface area contributed by atoms with E-state index in [-0.39, 0.29) is 17.7 Å². The van der Waals surface area contributed by atoms with Gasteiger partial charge in [0.25, 0.3) is 0 Å². The minimum Gasteiger partial charge on any atom is -0.481 e. The minimum absolute atomic E-state index is 0.0732. The number of carbonyl (C=O) groups is 1. The molecule has 1 fully saturated rings. The molecule has 0 atom stereocenters. The van der Waals surface area contributed by atoms with Crippen molar-refractivity contribution in [3.63, 3.8) is 0 Å². The molecule has 1 aromatic carbocycles. The molecule has 18 heavy (non-hydrogen) atoms. The van der Waals surface area contributed by atoms with Crippen LogP contribution in [0.1, 0.15) is 26.2 Å². The first-order chi connectivity index (χ1) is 8.54. The van der Waals surface area contributed by atoms with E-state index in [0.29, 0.717) is 0 Å². The molecule has 0 bridgehead atoms. The van der Waals surface area contributed by atoms with Crippen LogP contribution < -0.4 is 4.90 Å². The number of carboxylic acid groups (broad SMARTS) is 1. The second-order valence-electron chi connectivity index (χ2n) is 5.06. The fourth-order valence-electron chi connectivity index (χ4n) is 2.33. The van der Waals surface area contributed by atoms with Gasteiger partial charge in [0, 0.05) is 18.8 Å². The Bertz CT molecular complexity index is 426. The average Bonchev–Trinajstić information content (AvgIpc) is 3.06. The van der Waals surface area contributed by atoms with Crippen molar-refractivity contribution in [2.24, 2.45) is 5.41 Å². The minimum atomic E-state index is -0.734. The fraction of sp³-hybridized carbons (Fsp3) is 0.500. The van der Waals surface area contributed by atoms with Gasteiger partial charge in [0.05, 0.1) is 6.42 Å². The summed E-state index contributed by atoms with van der Waals surface area (Å²) in [5.41, 5.74) is 0.881. The normalized spacial score (nSPS) is 16.3. The van der Waals surface area contributed by atoms with Crippen LogP contribution in [0.25, 0.3) is 0 Å². The van der Waals surface area contributed by atoms with Crippen LogP contribution in [0, 0.1) is 11.2 Å². The molecule has 0 saturated heterocycles. The van der Waals surface area contributed by atoms with Crippen LogP contribution in [0.15, 0.2) is 24.3 Å². The molecule has 0 radical (unpaired) electrons. The van der Waals surface area contributed by atoms with E-state index < -0.39 is 5.97 Å². The lowest BCUT2D eigenvalue weighted by Crippen LogP contribution is -2.31. The molecule has 0 aliphatic heterocycles. The Kier molecular flexibility index (Phi) is 3.55. The Morgan fingerprint density at radius 1 is 1.39 bits per heavy atom. The van der Waals surface area contributed by atoms with E-state index in [0.717, 1.165) is 31.6 Å². The number of anilines is 1. The van der Waals surface area contributed by atoms with Crippen LogP contribution >= 0.6 is 0 Å². The second kappa shape index (κ2) is 4.96. The number of halogens is 1. The van der Waals surface area contributed by atoms with E-state index >= 15 is 0 Å². The Morgan fingerprint density at radius 3 is 2.44 bits per heavy atom. The molecular weight excluding hydrogens is 233 g/mol. The fourth-order valence-corrected chi connectivity index (χ4v) is 2.33. The molecule has 0 spiro atoms. The van der Waals surface area contributed by atoms with Crippen molar-refractivity contribution in [3.8, 4) is 0 Å². The van der Waals surface area contributed by atoms with Gasteiger partial charge in [0.2, 0.25) is 0 Å². The Labute approximate surface area is 106 Å². The molecule has 1 aromatic rings. The van der Waals surface area contributed by atoms with Crippen molar-refractivity contribution in [1.29, 1.82) is 0 Å². The molecule has 0 amide bonds. The quantitative estimate of drug-likeness (QED) is 0.845. The number of hydrogen-bond acceptors (Lipinski definition) is 2. The third kappa shape index (κ3) is 3.00. The predicted octanol–water partition coefficient (Wildman–Crippen LogP) is 2.91. The van der Waals surface area contributed by atoms with Gasteiger partial charge in [0.15, 0.2) is 0 Å². The third-order valence-corrected chi connectivity index (χ3v) is 3.58. The predicted molar refractivity (Wildman–Crippen MR) is 68.2 cm³/mol. The van der Waals surface area contributed by atoms with Crippen LogP contribution in [0.2, 0.25) is 0 Å². The van der Waals surface area contributed by atoms with Crippen molar-refractivity contribution in [1.82, 2.24) is 0 Å². The lowest BCUT2D eigenvalue weighted by molar-refractivity contribution is -0.138. The summed E-state index contributed by atoms with van der Waals surface area (Å²) in [5.74, 6) is -0.982. The molecule has 4 heteroatoms. The van der Waals surface area contributed by atoms with E-state index in [4.69, 9.17) is 5.11 Å². The van der Waals surface area contributed by atoms with Gasteiger partial charge < -0.3 is 10.0 Å². The van der Waals surface area contributed by atoms with Crippen LogP contribution in [0.5, 0.6) is 0 Å². The van der Waals surface area contributed by atoms with E-state index in [1.165, 1.54) is 12.1 Å².